The van der Waals surface area contributed by atoms with Crippen molar-refractivity contribution in [1.29, 1.82) is 0 Å². The van der Waals surface area contributed by atoms with Crippen molar-refractivity contribution in [1.82, 2.24) is 0 Å². The molecule has 0 aliphatic heterocycles. The zero-order valence-corrected chi connectivity index (χ0v) is 14.0. The summed E-state index contributed by atoms with van der Waals surface area (Å²) in [7, 11) is 1.57. The van der Waals surface area contributed by atoms with Crippen molar-refractivity contribution in [2.75, 3.05) is 7.11 Å². The van der Waals surface area contributed by atoms with Crippen molar-refractivity contribution < 1.29 is 9.53 Å². The number of halogens is 2. The van der Waals surface area contributed by atoms with E-state index in [0.717, 1.165) is 18.4 Å². The minimum absolute atomic E-state index is 0.152. The van der Waals surface area contributed by atoms with Crippen molar-refractivity contribution in [2.24, 2.45) is 11.3 Å². The fraction of sp³-hybridized carbons (Fsp3) is 0.588. The van der Waals surface area contributed by atoms with Gasteiger partial charge in [-0.2, -0.15) is 0 Å². The molecule has 0 aromatic heterocycles. The molecule has 114 valence electrons. The fourth-order valence-corrected chi connectivity index (χ4v) is 4.53. The van der Waals surface area contributed by atoms with Crippen molar-refractivity contribution in [3.63, 3.8) is 0 Å². The van der Waals surface area contributed by atoms with Crippen LogP contribution in [0.25, 0.3) is 0 Å². The second kappa shape index (κ2) is 5.48. The van der Waals surface area contributed by atoms with Crippen molar-refractivity contribution in [2.45, 2.75) is 45.4 Å². The Bertz CT molecular complexity index is 591. The van der Waals surface area contributed by atoms with E-state index >= 15 is 0 Å². The lowest BCUT2D eigenvalue weighted by molar-refractivity contribution is 0.0804. The molecule has 0 bridgehead atoms. The lowest BCUT2D eigenvalue weighted by atomic mass is 9.77. The highest BCUT2D eigenvalue weighted by Crippen LogP contribution is 2.49. The van der Waals surface area contributed by atoms with Crippen LogP contribution in [0.5, 0.6) is 5.75 Å². The van der Waals surface area contributed by atoms with Crippen LogP contribution < -0.4 is 4.74 Å². The van der Waals surface area contributed by atoms with Gasteiger partial charge in [0.25, 0.3) is 0 Å². The molecule has 21 heavy (non-hydrogen) atoms. The van der Waals surface area contributed by atoms with E-state index in [1.54, 1.807) is 7.11 Å². The number of Topliss-reactive ketones (excluding diaryl/α,β-unsaturated/α-hetero) is 1. The molecular weight excluding hydrogens is 307 g/mol. The Labute approximate surface area is 135 Å². The topological polar surface area (TPSA) is 26.3 Å². The Morgan fingerprint density at radius 3 is 2.57 bits per heavy atom. The lowest BCUT2D eigenvalue weighted by Crippen LogP contribution is -2.26. The molecular formula is C17H20Cl2O2. The van der Waals surface area contributed by atoms with Gasteiger partial charge in [0.15, 0.2) is 5.78 Å². The fourth-order valence-electron chi connectivity index (χ4n) is 4.00. The summed E-state index contributed by atoms with van der Waals surface area (Å²) < 4.78 is 5.26. The summed E-state index contributed by atoms with van der Waals surface area (Å²) in [6.45, 7) is 2.07. The van der Waals surface area contributed by atoms with Gasteiger partial charge >= 0.3 is 0 Å². The quantitative estimate of drug-likeness (QED) is 0.750. The second-order valence-electron chi connectivity index (χ2n) is 6.66. The van der Waals surface area contributed by atoms with Gasteiger partial charge in [0.2, 0.25) is 0 Å². The first-order valence-electron chi connectivity index (χ1n) is 7.56. The monoisotopic (exact) mass is 326 g/mol. The highest BCUT2D eigenvalue weighted by Gasteiger charge is 2.45. The number of carbonyl (C=O) groups is 1. The predicted molar refractivity (Wildman–Crippen MR) is 85.7 cm³/mol. The lowest BCUT2D eigenvalue weighted by Gasteiger charge is -2.25. The first kappa shape index (κ1) is 15.2. The van der Waals surface area contributed by atoms with Crippen LogP contribution in [0.3, 0.4) is 0 Å². The SMILES string of the molecule is COc1cc2c(c(Cl)c1Cl)C(=O)C(C)(CC1CCCC1)C2. The van der Waals surface area contributed by atoms with E-state index in [1.165, 1.54) is 25.7 Å². The van der Waals surface area contributed by atoms with Crippen LogP contribution in [0.4, 0.5) is 0 Å². The molecule has 4 heteroatoms. The van der Waals surface area contributed by atoms with Crippen LogP contribution in [0.1, 0.15) is 54.9 Å². The molecule has 3 rings (SSSR count). The van der Waals surface area contributed by atoms with E-state index in [9.17, 15) is 4.79 Å². The highest BCUT2D eigenvalue weighted by atomic mass is 35.5. The number of rotatable bonds is 3. The Kier molecular flexibility index (Phi) is 3.96. The van der Waals surface area contributed by atoms with Crippen LogP contribution in [-0.4, -0.2) is 12.9 Å². The zero-order valence-electron chi connectivity index (χ0n) is 12.5. The van der Waals surface area contributed by atoms with E-state index in [2.05, 4.69) is 6.92 Å². The Morgan fingerprint density at radius 1 is 1.29 bits per heavy atom. The average molecular weight is 327 g/mol. The molecule has 0 amide bonds. The standard InChI is InChI=1S/C17H20Cl2O2/c1-17(8-10-5-3-4-6-10)9-11-7-12(21-2)14(18)15(19)13(11)16(17)20/h7,10H,3-6,8-9H2,1-2H3. The molecule has 1 aromatic rings. The van der Waals surface area contributed by atoms with E-state index in [0.29, 0.717) is 27.3 Å². The molecule has 0 heterocycles. The predicted octanol–water partition coefficient (Wildman–Crippen LogP) is 5.33. The molecule has 0 N–H and O–H groups in total. The van der Waals surface area contributed by atoms with E-state index in [-0.39, 0.29) is 11.2 Å². The maximum absolute atomic E-state index is 12.9. The Morgan fingerprint density at radius 2 is 1.95 bits per heavy atom. The summed E-state index contributed by atoms with van der Waals surface area (Å²) in [6, 6.07) is 1.88. The van der Waals surface area contributed by atoms with Gasteiger partial charge < -0.3 is 4.74 Å². The van der Waals surface area contributed by atoms with Crippen molar-refractivity contribution in [3.05, 3.63) is 27.2 Å². The molecule has 2 aliphatic carbocycles. The van der Waals surface area contributed by atoms with Gasteiger partial charge in [0, 0.05) is 11.0 Å². The third kappa shape index (κ3) is 2.47. The maximum atomic E-state index is 12.9. The van der Waals surface area contributed by atoms with Crippen LogP contribution in [0, 0.1) is 11.3 Å². The summed E-state index contributed by atoms with van der Waals surface area (Å²) in [5.74, 6) is 1.38. The van der Waals surface area contributed by atoms with Crippen LogP contribution >= 0.6 is 23.2 Å². The van der Waals surface area contributed by atoms with Gasteiger partial charge in [0.1, 0.15) is 10.8 Å². The van der Waals surface area contributed by atoms with Gasteiger partial charge in [0.05, 0.1) is 12.1 Å². The van der Waals surface area contributed by atoms with Gasteiger partial charge in [-0.25, -0.2) is 0 Å². The number of methoxy groups -OCH3 is 1. The van der Waals surface area contributed by atoms with Crippen molar-refractivity contribution >= 4 is 29.0 Å². The summed E-state index contributed by atoms with van der Waals surface area (Å²) in [5, 5.41) is 0.697. The summed E-state index contributed by atoms with van der Waals surface area (Å²) in [6.07, 6.45) is 6.78. The number of hydrogen-bond acceptors (Lipinski definition) is 2. The van der Waals surface area contributed by atoms with Crippen LogP contribution in [0.15, 0.2) is 6.07 Å². The largest absolute Gasteiger partial charge is 0.495 e. The van der Waals surface area contributed by atoms with Crippen LogP contribution in [-0.2, 0) is 6.42 Å². The third-order valence-corrected chi connectivity index (χ3v) is 5.89. The van der Waals surface area contributed by atoms with Gasteiger partial charge in [-0.05, 0) is 30.4 Å². The molecule has 1 saturated carbocycles. The van der Waals surface area contributed by atoms with Gasteiger partial charge in [-0.3, -0.25) is 4.79 Å². The molecule has 1 atom stereocenters. The smallest absolute Gasteiger partial charge is 0.170 e. The van der Waals surface area contributed by atoms with E-state index in [4.69, 9.17) is 27.9 Å². The number of fused-ring (bicyclic) bond motifs is 1. The molecule has 0 radical (unpaired) electrons. The summed E-state index contributed by atoms with van der Waals surface area (Å²) in [5.41, 5.74) is 1.26. The summed E-state index contributed by atoms with van der Waals surface area (Å²) in [4.78, 5) is 12.9. The molecule has 2 aliphatic rings. The first-order chi connectivity index (χ1) is 9.96. The molecule has 2 nitrogen and oxygen atoms in total. The van der Waals surface area contributed by atoms with Crippen LogP contribution in [0.2, 0.25) is 10.0 Å². The highest BCUT2D eigenvalue weighted by molar-refractivity contribution is 6.45. The van der Waals surface area contributed by atoms with E-state index in [1.807, 2.05) is 6.07 Å². The number of ketones is 1. The molecule has 1 unspecified atom stereocenters. The number of benzene rings is 1. The maximum Gasteiger partial charge on any atom is 0.170 e. The Hall–Kier alpha value is -0.730. The number of ether oxygens (including phenoxy) is 1. The third-order valence-electron chi connectivity index (χ3n) is 5.04. The van der Waals surface area contributed by atoms with E-state index < -0.39 is 0 Å². The average Bonchev–Trinajstić information content (AvgIpc) is 3.02. The second-order valence-corrected chi connectivity index (χ2v) is 7.42. The number of hydrogen-bond donors (Lipinski definition) is 0. The summed E-state index contributed by atoms with van der Waals surface area (Å²) >= 11 is 12.5. The first-order valence-corrected chi connectivity index (χ1v) is 8.31. The Balaban J connectivity index is 1.96. The molecule has 1 fully saturated rings. The minimum Gasteiger partial charge on any atom is -0.495 e. The molecule has 0 spiro atoms. The normalized spacial score (nSPS) is 25.4. The molecule has 1 aromatic carbocycles. The molecule has 0 saturated heterocycles. The van der Waals surface area contributed by atoms with Gasteiger partial charge in [-0.15, -0.1) is 0 Å². The minimum atomic E-state index is -0.337. The number of carbonyl (C=O) groups excluding carboxylic acids is 1. The van der Waals surface area contributed by atoms with Crippen molar-refractivity contribution in [3.8, 4) is 5.75 Å². The zero-order chi connectivity index (χ0) is 15.2. The van der Waals surface area contributed by atoms with Gasteiger partial charge in [-0.1, -0.05) is 55.8 Å².